The number of hydrogen-bond acceptors (Lipinski definition) is 3. The van der Waals surface area contributed by atoms with E-state index in [1.54, 1.807) is 16.8 Å². The predicted octanol–water partition coefficient (Wildman–Crippen LogP) is 5.22. The second kappa shape index (κ2) is 8.21. The van der Waals surface area contributed by atoms with Gasteiger partial charge in [-0.25, -0.2) is 0 Å². The van der Waals surface area contributed by atoms with Crippen molar-refractivity contribution in [3.05, 3.63) is 70.4 Å². The molecule has 2 aromatic carbocycles. The number of hydrogen-bond donors (Lipinski definition) is 1. The van der Waals surface area contributed by atoms with Gasteiger partial charge in [-0.1, -0.05) is 30.7 Å². The number of aromatic nitrogens is 1. The van der Waals surface area contributed by atoms with Gasteiger partial charge in [-0.2, -0.15) is 0 Å². The number of halogens is 1. The molecule has 1 aliphatic rings. The molecule has 1 aromatic heterocycles. The maximum Gasteiger partial charge on any atom is 0.194 e. The summed E-state index contributed by atoms with van der Waals surface area (Å²) in [6.45, 7) is 6.76. The van der Waals surface area contributed by atoms with Gasteiger partial charge in [0.2, 0.25) is 0 Å². The largest absolute Gasteiger partial charge is 0.339 e. The van der Waals surface area contributed by atoms with Gasteiger partial charge in [-0.15, -0.1) is 0 Å². The van der Waals surface area contributed by atoms with Gasteiger partial charge in [-0.05, 0) is 81.1 Å². The second-order valence-electron chi connectivity index (χ2n) is 8.10. The lowest BCUT2D eigenvalue weighted by molar-refractivity contribution is 0.103. The minimum absolute atomic E-state index is 0.0557. The molecule has 1 fully saturated rings. The van der Waals surface area contributed by atoms with Crippen molar-refractivity contribution in [2.45, 2.75) is 45.1 Å². The summed E-state index contributed by atoms with van der Waals surface area (Å²) < 4.78 is 1.69. The molecule has 1 saturated heterocycles. The van der Waals surface area contributed by atoms with Crippen LogP contribution in [0.1, 0.15) is 60.5 Å². The molecule has 0 radical (unpaired) electrons. The lowest BCUT2D eigenvalue weighted by Crippen LogP contribution is -2.39. The number of piperidine rings is 1. The van der Waals surface area contributed by atoms with Gasteiger partial charge in [0, 0.05) is 28.8 Å². The van der Waals surface area contributed by atoms with E-state index in [-0.39, 0.29) is 5.78 Å². The van der Waals surface area contributed by atoms with Crippen molar-refractivity contribution in [3.8, 4) is 0 Å². The SMILES string of the molecule is CCC(C)N1CCC(c2cn(N)c3ccc(C(=O)c4ccccc4Cl)cc23)CC1. The van der Waals surface area contributed by atoms with E-state index in [0.717, 1.165) is 36.8 Å². The van der Waals surface area contributed by atoms with Crippen LogP contribution in [-0.4, -0.2) is 34.5 Å². The van der Waals surface area contributed by atoms with Crippen LogP contribution in [0.2, 0.25) is 5.02 Å². The van der Waals surface area contributed by atoms with Crippen molar-refractivity contribution in [1.29, 1.82) is 0 Å². The van der Waals surface area contributed by atoms with Gasteiger partial charge < -0.3 is 10.7 Å². The zero-order valence-electron chi connectivity index (χ0n) is 17.1. The number of nitrogens with two attached hydrogens (primary N) is 1. The summed E-state index contributed by atoms with van der Waals surface area (Å²) in [5, 5.41) is 1.55. The second-order valence-corrected chi connectivity index (χ2v) is 8.51. The Labute approximate surface area is 177 Å². The summed E-state index contributed by atoms with van der Waals surface area (Å²) in [5.41, 5.74) is 3.39. The first-order valence-corrected chi connectivity index (χ1v) is 10.8. The highest BCUT2D eigenvalue weighted by Crippen LogP contribution is 2.35. The molecule has 1 unspecified atom stereocenters. The van der Waals surface area contributed by atoms with Crippen LogP contribution in [0, 0.1) is 0 Å². The lowest BCUT2D eigenvalue weighted by atomic mass is 9.88. The normalized spacial score (nSPS) is 16.9. The molecule has 4 nitrogen and oxygen atoms in total. The van der Waals surface area contributed by atoms with Gasteiger partial charge in [0.15, 0.2) is 5.78 Å². The first-order valence-electron chi connectivity index (χ1n) is 10.4. The molecule has 1 aliphatic heterocycles. The van der Waals surface area contributed by atoms with Crippen LogP contribution >= 0.6 is 11.6 Å². The van der Waals surface area contributed by atoms with Crippen LogP contribution in [-0.2, 0) is 0 Å². The number of ketones is 1. The molecule has 0 aliphatic carbocycles. The molecule has 0 amide bonds. The number of nitrogen functional groups attached to an aromatic ring is 1. The summed E-state index contributed by atoms with van der Waals surface area (Å²) in [6, 6.07) is 13.6. The highest BCUT2D eigenvalue weighted by Gasteiger charge is 2.26. The van der Waals surface area contributed by atoms with Crippen LogP contribution in [0.5, 0.6) is 0 Å². The van der Waals surface area contributed by atoms with E-state index in [2.05, 4.69) is 18.7 Å². The summed E-state index contributed by atoms with van der Waals surface area (Å²) in [4.78, 5) is 15.6. The van der Waals surface area contributed by atoms with Crippen molar-refractivity contribution in [2.75, 3.05) is 18.9 Å². The zero-order chi connectivity index (χ0) is 20.5. The number of carbonyl (C=O) groups is 1. The summed E-state index contributed by atoms with van der Waals surface area (Å²) in [5.74, 6) is 6.65. The van der Waals surface area contributed by atoms with Crippen LogP contribution in [0.25, 0.3) is 10.9 Å². The third kappa shape index (κ3) is 3.79. The molecular weight excluding hydrogens is 382 g/mol. The number of nitrogens with zero attached hydrogens (tertiary/aromatic N) is 2. The van der Waals surface area contributed by atoms with Crippen molar-refractivity contribution in [3.63, 3.8) is 0 Å². The van der Waals surface area contributed by atoms with Crippen molar-refractivity contribution < 1.29 is 4.79 Å². The fourth-order valence-corrected chi connectivity index (χ4v) is 4.68. The first-order chi connectivity index (χ1) is 14.0. The smallest absolute Gasteiger partial charge is 0.194 e. The fourth-order valence-electron chi connectivity index (χ4n) is 4.46. The Balaban J connectivity index is 1.65. The Bertz CT molecular complexity index is 1030. The van der Waals surface area contributed by atoms with Crippen molar-refractivity contribution in [1.82, 2.24) is 9.58 Å². The molecular formula is C24H28ClN3O. The van der Waals surface area contributed by atoms with E-state index in [1.807, 2.05) is 36.5 Å². The standard InChI is InChI=1S/C24H28ClN3O/c1-3-16(2)27-12-10-17(11-13-27)21-15-28(26)23-9-8-18(14-20(21)23)24(29)19-6-4-5-7-22(19)25/h4-9,14-17H,3,10-13,26H2,1-2H3. The molecule has 3 aromatic rings. The highest BCUT2D eigenvalue weighted by molar-refractivity contribution is 6.35. The Kier molecular flexibility index (Phi) is 5.66. The maximum atomic E-state index is 13.0. The van der Waals surface area contributed by atoms with Crippen LogP contribution < -0.4 is 5.84 Å². The Morgan fingerprint density at radius 1 is 1.21 bits per heavy atom. The molecule has 2 heterocycles. The molecule has 0 bridgehead atoms. The molecule has 0 saturated carbocycles. The minimum Gasteiger partial charge on any atom is -0.339 e. The van der Waals surface area contributed by atoms with Crippen molar-refractivity contribution >= 4 is 28.3 Å². The Hall–Kier alpha value is -2.30. The zero-order valence-corrected chi connectivity index (χ0v) is 17.8. The quantitative estimate of drug-likeness (QED) is 0.464. The Morgan fingerprint density at radius 2 is 1.93 bits per heavy atom. The summed E-state index contributed by atoms with van der Waals surface area (Å²) in [7, 11) is 0. The maximum absolute atomic E-state index is 13.0. The Morgan fingerprint density at radius 3 is 2.62 bits per heavy atom. The third-order valence-corrected chi connectivity index (χ3v) is 6.76. The predicted molar refractivity (Wildman–Crippen MR) is 120 cm³/mol. The van der Waals surface area contributed by atoms with Gasteiger partial charge in [0.25, 0.3) is 0 Å². The lowest BCUT2D eigenvalue weighted by Gasteiger charge is -2.35. The molecule has 152 valence electrons. The summed E-state index contributed by atoms with van der Waals surface area (Å²) >= 11 is 6.25. The number of rotatable bonds is 5. The molecule has 0 spiro atoms. The van der Waals surface area contributed by atoms with E-state index < -0.39 is 0 Å². The van der Waals surface area contributed by atoms with E-state index in [0.29, 0.717) is 28.1 Å². The minimum atomic E-state index is -0.0557. The molecule has 1 atom stereocenters. The van der Waals surface area contributed by atoms with Crippen LogP contribution in [0.3, 0.4) is 0 Å². The van der Waals surface area contributed by atoms with E-state index >= 15 is 0 Å². The molecule has 2 N–H and O–H groups in total. The topological polar surface area (TPSA) is 51.3 Å². The number of fused-ring (bicyclic) bond motifs is 1. The first kappa shape index (κ1) is 20.0. The molecule has 5 heteroatoms. The average molecular weight is 410 g/mol. The van der Waals surface area contributed by atoms with E-state index in [4.69, 9.17) is 17.4 Å². The van der Waals surface area contributed by atoms with E-state index in [1.165, 1.54) is 12.0 Å². The van der Waals surface area contributed by atoms with Crippen molar-refractivity contribution in [2.24, 2.45) is 0 Å². The number of benzene rings is 2. The monoisotopic (exact) mass is 409 g/mol. The van der Waals surface area contributed by atoms with Gasteiger partial charge in [0.05, 0.1) is 10.5 Å². The van der Waals surface area contributed by atoms with Crippen LogP contribution in [0.4, 0.5) is 0 Å². The summed E-state index contributed by atoms with van der Waals surface area (Å²) in [6.07, 6.45) is 5.45. The van der Waals surface area contributed by atoms with Gasteiger partial charge >= 0.3 is 0 Å². The van der Waals surface area contributed by atoms with Gasteiger partial charge in [-0.3, -0.25) is 9.47 Å². The average Bonchev–Trinajstić information content (AvgIpc) is 3.09. The third-order valence-electron chi connectivity index (χ3n) is 6.43. The molecule has 4 rings (SSSR count). The highest BCUT2D eigenvalue weighted by atomic mass is 35.5. The van der Waals surface area contributed by atoms with Crippen LogP contribution in [0.15, 0.2) is 48.7 Å². The fraction of sp³-hybridized carbons (Fsp3) is 0.375. The molecule has 29 heavy (non-hydrogen) atoms. The van der Waals surface area contributed by atoms with Gasteiger partial charge in [0.1, 0.15) is 0 Å². The number of likely N-dealkylation sites (tertiary alicyclic amines) is 1. The number of carbonyl (C=O) groups excluding carboxylic acids is 1. The van der Waals surface area contributed by atoms with E-state index in [9.17, 15) is 4.79 Å².